The van der Waals surface area contributed by atoms with Gasteiger partial charge in [0.1, 0.15) is 11.6 Å². The maximum atomic E-state index is 13.7. The molecule has 0 aliphatic heterocycles. The number of benzene rings is 1. The lowest BCUT2D eigenvalue weighted by Crippen LogP contribution is -2.23. The topological polar surface area (TPSA) is 21.3 Å². The van der Waals surface area contributed by atoms with Gasteiger partial charge in [0, 0.05) is 12.1 Å². The molecule has 1 aliphatic rings. The van der Waals surface area contributed by atoms with Crippen LogP contribution in [0.1, 0.15) is 32.6 Å². The van der Waals surface area contributed by atoms with Crippen molar-refractivity contribution in [2.24, 2.45) is 5.92 Å². The summed E-state index contributed by atoms with van der Waals surface area (Å²) in [4.78, 5) is 0. The quantitative estimate of drug-likeness (QED) is 0.859. The summed E-state index contributed by atoms with van der Waals surface area (Å²) in [5.41, 5.74) is 0.565. The van der Waals surface area contributed by atoms with E-state index in [1.807, 2.05) is 0 Å². The first-order chi connectivity index (χ1) is 8.24. The van der Waals surface area contributed by atoms with Crippen molar-refractivity contribution in [3.8, 4) is 5.75 Å². The number of hydrogen-bond donors (Lipinski definition) is 1. The summed E-state index contributed by atoms with van der Waals surface area (Å²) >= 11 is 0. The molecule has 17 heavy (non-hydrogen) atoms. The van der Waals surface area contributed by atoms with Gasteiger partial charge in [0.15, 0.2) is 0 Å². The Balaban J connectivity index is 2.12. The summed E-state index contributed by atoms with van der Waals surface area (Å²) in [5, 5.41) is 3.33. The Labute approximate surface area is 102 Å². The Hall–Kier alpha value is -1.25. The number of methoxy groups -OCH3 is 1. The van der Waals surface area contributed by atoms with Crippen molar-refractivity contribution in [3.05, 3.63) is 24.0 Å². The fourth-order valence-corrected chi connectivity index (χ4v) is 2.66. The highest BCUT2D eigenvalue weighted by atomic mass is 19.1. The average Bonchev–Trinajstić information content (AvgIpc) is 2.79. The molecule has 0 amide bonds. The molecule has 0 aromatic heterocycles. The van der Waals surface area contributed by atoms with Crippen LogP contribution in [-0.2, 0) is 0 Å². The van der Waals surface area contributed by atoms with Gasteiger partial charge in [-0.1, -0.05) is 19.8 Å². The minimum atomic E-state index is -0.201. The first kappa shape index (κ1) is 12.2. The lowest BCUT2D eigenvalue weighted by atomic mass is 10.0. The van der Waals surface area contributed by atoms with Crippen molar-refractivity contribution in [1.82, 2.24) is 0 Å². The van der Waals surface area contributed by atoms with Crippen LogP contribution in [0.5, 0.6) is 5.75 Å². The average molecular weight is 237 g/mol. The molecule has 1 aliphatic carbocycles. The molecule has 2 nitrogen and oxygen atoms in total. The van der Waals surface area contributed by atoms with Gasteiger partial charge in [0.25, 0.3) is 0 Å². The predicted octanol–water partition coefficient (Wildman–Crippen LogP) is 3.82. The highest BCUT2D eigenvalue weighted by molar-refractivity contribution is 5.50. The predicted molar refractivity (Wildman–Crippen MR) is 68.0 cm³/mol. The van der Waals surface area contributed by atoms with E-state index in [9.17, 15) is 4.39 Å². The van der Waals surface area contributed by atoms with Crippen LogP contribution < -0.4 is 10.1 Å². The third-order valence-electron chi connectivity index (χ3n) is 3.70. The van der Waals surface area contributed by atoms with Gasteiger partial charge in [-0.25, -0.2) is 4.39 Å². The van der Waals surface area contributed by atoms with Crippen molar-refractivity contribution in [3.63, 3.8) is 0 Å². The largest absolute Gasteiger partial charge is 0.497 e. The number of rotatable bonds is 4. The van der Waals surface area contributed by atoms with Gasteiger partial charge >= 0.3 is 0 Å². The van der Waals surface area contributed by atoms with Gasteiger partial charge in [-0.05, 0) is 30.9 Å². The van der Waals surface area contributed by atoms with E-state index in [0.29, 0.717) is 23.4 Å². The zero-order valence-electron chi connectivity index (χ0n) is 10.5. The molecule has 0 bridgehead atoms. The number of ether oxygens (including phenoxy) is 1. The van der Waals surface area contributed by atoms with Crippen LogP contribution in [-0.4, -0.2) is 13.2 Å². The van der Waals surface area contributed by atoms with E-state index in [-0.39, 0.29) is 5.82 Å². The molecule has 94 valence electrons. The smallest absolute Gasteiger partial charge is 0.146 e. The molecular weight excluding hydrogens is 217 g/mol. The first-order valence-electron chi connectivity index (χ1n) is 6.34. The van der Waals surface area contributed by atoms with Gasteiger partial charge in [-0.15, -0.1) is 0 Å². The number of anilines is 1. The maximum Gasteiger partial charge on any atom is 0.146 e. The van der Waals surface area contributed by atoms with E-state index in [2.05, 4.69) is 12.2 Å². The molecule has 1 aromatic rings. The van der Waals surface area contributed by atoms with E-state index in [0.717, 1.165) is 12.8 Å². The summed E-state index contributed by atoms with van der Waals surface area (Å²) in [6, 6.07) is 5.24. The van der Waals surface area contributed by atoms with E-state index in [4.69, 9.17) is 4.74 Å². The second kappa shape index (κ2) is 5.39. The molecule has 2 atom stereocenters. The molecule has 0 spiro atoms. The van der Waals surface area contributed by atoms with Crippen molar-refractivity contribution in [2.45, 2.75) is 38.6 Å². The highest BCUT2D eigenvalue weighted by Gasteiger charge is 2.26. The van der Waals surface area contributed by atoms with E-state index >= 15 is 0 Å². The molecule has 1 saturated carbocycles. The number of halogens is 1. The Kier molecular flexibility index (Phi) is 3.87. The summed E-state index contributed by atoms with van der Waals surface area (Å²) in [7, 11) is 1.60. The Bertz CT molecular complexity index is 380. The van der Waals surface area contributed by atoms with Crippen molar-refractivity contribution >= 4 is 5.69 Å². The lowest BCUT2D eigenvalue weighted by Gasteiger charge is -2.21. The van der Waals surface area contributed by atoms with Crippen LogP contribution in [0.3, 0.4) is 0 Å². The van der Waals surface area contributed by atoms with E-state index < -0.39 is 0 Å². The van der Waals surface area contributed by atoms with Crippen molar-refractivity contribution < 1.29 is 9.13 Å². The van der Waals surface area contributed by atoms with Crippen LogP contribution >= 0.6 is 0 Å². The van der Waals surface area contributed by atoms with E-state index in [1.165, 1.54) is 18.9 Å². The minimum Gasteiger partial charge on any atom is -0.497 e. The van der Waals surface area contributed by atoms with Crippen LogP contribution in [0.2, 0.25) is 0 Å². The Morgan fingerprint density at radius 2 is 2.24 bits per heavy atom. The third-order valence-corrected chi connectivity index (χ3v) is 3.70. The molecule has 0 radical (unpaired) electrons. The van der Waals surface area contributed by atoms with Crippen LogP contribution in [0.25, 0.3) is 0 Å². The molecule has 1 aromatic carbocycles. The number of hydrogen-bond acceptors (Lipinski definition) is 2. The molecule has 0 saturated heterocycles. The van der Waals surface area contributed by atoms with Gasteiger partial charge in [0.2, 0.25) is 0 Å². The minimum absolute atomic E-state index is 0.201. The Morgan fingerprint density at radius 1 is 1.41 bits per heavy atom. The molecule has 2 rings (SSSR count). The second-order valence-corrected chi connectivity index (χ2v) is 4.70. The molecular formula is C14H20FNO. The lowest BCUT2D eigenvalue weighted by molar-refractivity contribution is 0.413. The van der Waals surface area contributed by atoms with Gasteiger partial charge < -0.3 is 10.1 Å². The first-order valence-corrected chi connectivity index (χ1v) is 6.34. The van der Waals surface area contributed by atoms with Gasteiger partial charge in [0.05, 0.1) is 12.8 Å². The van der Waals surface area contributed by atoms with Crippen LogP contribution in [0.4, 0.5) is 10.1 Å². The summed E-state index contributed by atoms with van der Waals surface area (Å²) in [5.74, 6) is 1.16. The fourth-order valence-electron chi connectivity index (χ4n) is 2.66. The molecule has 1 N–H and O–H groups in total. The van der Waals surface area contributed by atoms with Gasteiger partial charge in [-0.2, -0.15) is 0 Å². The van der Waals surface area contributed by atoms with Crippen LogP contribution in [0, 0.1) is 11.7 Å². The summed E-state index contributed by atoms with van der Waals surface area (Å²) in [6.07, 6.45) is 4.78. The third kappa shape index (κ3) is 2.71. The summed E-state index contributed by atoms with van der Waals surface area (Å²) < 4.78 is 18.8. The van der Waals surface area contributed by atoms with Crippen LogP contribution in [0.15, 0.2) is 18.2 Å². The zero-order chi connectivity index (χ0) is 12.3. The normalized spacial score (nSPS) is 23.7. The summed E-state index contributed by atoms with van der Waals surface area (Å²) in [6.45, 7) is 2.20. The standard InChI is InChI=1S/C14H20FNO/c1-3-10-5-4-6-13(10)16-14-9-11(17-2)7-8-12(14)15/h7-10,13,16H,3-6H2,1-2H3. The number of nitrogens with one attached hydrogen (secondary N) is 1. The monoisotopic (exact) mass is 237 g/mol. The SMILES string of the molecule is CCC1CCCC1Nc1cc(OC)ccc1F. The molecule has 3 heteroatoms. The van der Waals surface area contributed by atoms with Crippen molar-refractivity contribution in [2.75, 3.05) is 12.4 Å². The zero-order valence-corrected chi connectivity index (χ0v) is 10.5. The highest BCUT2D eigenvalue weighted by Crippen LogP contribution is 2.32. The van der Waals surface area contributed by atoms with Crippen molar-refractivity contribution in [1.29, 1.82) is 0 Å². The fraction of sp³-hybridized carbons (Fsp3) is 0.571. The molecule has 0 heterocycles. The Morgan fingerprint density at radius 3 is 2.94 bits per heavy atom. The van der Waals surface area contributed by atoms with Gasteiger partial charge in [-0.3, -0.25) is 0 Å². The second-order valence-electron chi connectivity index (χ2n) is 4.70. The van der Waals surface area contributed by atoms with E-state index in [1.54, 1.807) is 19.2 Å². The molecule has 2 unspecified atom stereocenters. The molecule has 1 fully saturated rings. The maximum absolute atomic E-state index is 13.7.